The summed E-state index contributed by atoms with van der Waals surface area (Å²) < 4.78 is 11.1. The van der Waals surface area contributed by atoms with E-state index in [0.717, 1.165) is 5.69 Å². The standard InChI is InChI=1S/C21H22N3O5Si/c1-12-16(6-5-9-23-12)29-14-7-8-17-15(10-14)18(13(2)28-17)19(26)24(3,4)21(30,11-25)20(22)27/h5-10,25H,11H2,1-4H3,(H-,22,27)/p+1. The van der Waals surface area contributed by atoms with Crippen molar-refractivity contribution in [3.05, 3.63) is 53.5 Å². The molecule has 1 unspecified atom stereocenters. The molecule has 9 heteroatoms. The number of carbonyl (C=O) groups excluding carboxylic acids is 2. The summed E-state index contributed by atoms with van der Waals surface area (Å²) in [7, 11) is 6.23. The van der Waals surface area contributed by atoms with Crippen LogP contribution in [0.1, 0.15) is 21.8 Å². The highest BCUT2D eigenvalue weighted by Gasteiger charge is 2.52. The van der Waals surface area contributed by atoms with Gasteiger partial charge >= 0.3 is 5.91 Å². The highest BCUT2D eigenvalue weighted by molar-refractivity contribution is 6.28. The van der Waals surface area contributed by atoms with Crippen LogP contribution in [-0.4, -0.2) is 62.5 Å². The molecule has 2 aromatic heterocycles. The van der Waals surface area contributed by atoms with E-state index >= 15 is 0 Å². The number of benzene rings is 1. The Bertz CT molecular complexity index is 1140. The summed E-state index contributed by atoms with van der Waals surface area (Å²) >= 11 is 0. The fourth-order valence-corrected chi connectivity index (χ4v) is 3.32. The largest absolute Gasteiger partial charge is 0.460 e. The van der Waals surface area contributed by atoms with Gasteiger partial charge in [0.2, 0.25) is 0 Å². The fourth-order valence-electron chi connectivity index (χ4n) is 3.22. The molecule has 8 nitrogen and oxygen atoms in total. The van der Waals surface area contributed by atoms with Crippen LogP contribution in [-0.2, 0) is 4.79 Å². The number of ether oxygens (including phenoxy) is 1. The van der Waals surface area contributed by atoms with E-state index in [1.54, 1.807) is 43.5 Å². The number of fused-ring (bicyclic) bond motifs is 1. The smallest absolute Gasteiger partial charge is 0.350 e. The molecule has 30 heavy (non-hydrogen) atoms. The fraction of sp³-hybridized carbons (Fsp3) is 0.286. The van der Waals surface area contributed by atoms with E-state index in [1.807, 2.05) is 6.92 Å². The molecule has 0 aliphatic rings. The third kappa shape index (κ3) is 3.40. The Labute approximate surface area is 177 Å². The lowest BCUT2D eigenvalue weighted by Gasteiger charge is -2.40. The van der Waals surface area contributed by atoms with Crippen molar-refractivity contribution < 1.29 is 28.3 Å². The normalized spacial score (nSPS) is 13.8. The van der Waals surface area contributed by atoms with Crippen LogP contribution < -0.4 is 10.5 Å². The number of likely N-dealkylation sites (N-methyl/N-ethyl adjacent to an activating group) is 1. The number of hydrogen-bond acceptors (Lipinski definition) is 6. The predicted molar refractivity (Wildman–Crippen MR) is 111 cm³/mol. The summed E-state index contributed by atoms with van der Waals surface area (Å²) in [6.07, 6.45) is 1.67. The molecular weight excluding hydrogens is 402 g/mol. The number of aliphatic hydroxyl groups is 1. The van der Waals surface area contributed by atoms with Crippen molar-refractivity contribution in [3.8, 4) is 11.5 Å². The Kier molecular flexibility index (Phi) is 5.55. The van der Waals surface area contributed by atoms with Crippen molar-refractivity contribution >= 4 is 33.0 Å². The van der Waals surface area contributed by atoms with Gasteiger partial charge in [-0.15, -0.1) is 0 Å². The number of carbonyl (C=O) groups is 2. The van der Waals surface area contributed by atoms with Gasteiger partial charge in [-0.2, -0.15) is 0 Å². The van der Waals surface area contributed by atoms with Crippen LogP contribution >= 0.6 is 0 Å². The summed E-state index contributed by atoms with van der Waals surface area (Å²) in [6, 6.07) is 8.71. The van der Waals surface area contributed by atoms with Crippen molar-refractivity contribution in [1.29, 1.82) is 0 Å². The average molecular weight is 426 g/mol. The van der Waals surface area contributed by atoms with Crippen LogP contribution in [0.25, 0.3) is 11.0 Å². The summed E-state index contributed by atoms with van der Waals surface area (Å²) in [6.45, 7) is 2.83. The van der Waals surface area contributed by atoms with Crippen molar-refractivity contribution in [2.75, 3.05) is 20.7 Å². The van der Waals surface area contributed by atoms with Gasteiger partial charge in [-0.1, -0.05) is 0 Å². The number of hydrogen-bond donors (Lipinski definition) is 2. The third-order valence-corrected chi connectivity index (χ3v) is 6.30. The highest BCUT2D eigenvalue weighted by atomic mass is 28.1. The molecule has 2 heterocycles. The Morgan fingerprint density at radius 2 is 2.00 bits per heavy atom. The number of aryl methyl sites for hydroxylation is 2. The monoisotopic (exact) mass is 425 g/mol. The van der Waals surface area contributed by atoms with Crippen LogP contribution in [0.2, 0.25) is 0 Å². The van der Waals surface area contributed by atoms with Crippen molar-refractivity contribution in [3.63, 3.8) is 0 Å². The van der Waals surface area contributed by atoms with E-state index in [4.69, 9.17) is 14.9 Å². The second-order valence-corrected chi connectivity index (χ2v) is 8.35. The number of aromatic nitrogens is 1. The lowest BCUT2D eigenvalue weighted by atomic mass is 10.1. The van der Waals surface area contributed by atoms with Gasteiger partial charge in [0.05, 0.1) is 19.8 Å². The molecular formula is C21H23N3O5Si+. The maximum atomic E-state index is 13.5. The molecule has 0 bridgehead atoms. The summed E-state index contributed by atoms with van der Waals surface area (Å²) in [5.74, 6) is 0.160. The van der Waals surface area contributed by atoms with Gasteiger partial charge in [0.25, 0.3) is 5.91 Å². The molecule has 1 aromatic carbocycles. The van der Waals surface area contributed by atoms with E-state index < -0.39 is 28.1 Å². The molecule has 0 saturated heterocycles. The average Bonchev–Trinajstić information content (AvgIpc) is 3.03. The molecule has 3 rings (SSSR count). The number of rotatable bonds is 6. The SMILES string of the molecule is Cc1ncccc1Oc1ccc2oc(C)c(C(=O)[N+](C)(C)C([Si])(CO)C(N)=O)c2c1. The Hall–Kier alpha value is -3.01. The van der Waals surface area contributed by atoms with Gasteiger partial charge in [-0.3, -0.25) is 14.3 Å². The number of quaternary nitrogens is 1. The van der Waals surface area contributed by atoms with E-state index in [9.17, 15) is 14.7 Å². The van der Waals surface area contributed by atoms with Crippen LogP contribution in [0.4, 0.5) is 0 Å². The number of pyridine rings is 1. The third-order valence-electron chi connectivity index (χ3n) is 5.33. The van der Waals surface area contributed by atoms with Crippen LogP contribution in [0.5, 0.6) is 11.5 Å². The predicted octanol–water partition coefficient (Wildman–Crippen LogP) is 1.80. The molecule has 0 saturated carbocycles. The van der Waals surface area contributed by atoms with Gasteiger partial charge in [0.1, 0.15) is 45.3 Å². The Morgan fingerprint density at radius 3 is 2.60 bits per heavy atom. The molecule has 1 atom stereocenters. The first-order valence-electron chi connectivity index (χ1n) is 9.20. The number of furan rings is 1. The lowest BCUT2D eigenvalue weighted by molar-refractivity contribution is -0.838. The molecule has 2 amide bonds. The number of nitrogens with zero attached hydrogens (tertiary/aromatic N) is 2. The van der Waals surface area contributed by atoms with Gasteiger partial charge in [0.15, 0.2) is 5.16 Å². The maximum absolute atomic E-state index is 13.5. The second-order valence-electron chi connectivity index (χ2n) is 7.52. The molecule has 155 valence electrons. The van der Waals surface area contributed by atoms with E-state index in [2.05, 4.69) is 15.2 Å². The van der Waals surface area contributed by atoms with E-state index in [0.29, 0.717) is 28.2 Å². The van der Waals surface area contributed by atoms with Gasteiger partial charge < -0.3 is 20.0 Å². The van der Waals surface area contributed by atoms with Crippen LogP contribution in [0, 0.1) is 13.8 Å². The number of amides is 2. The molecule has 0 fully saturated rings. The summed E-state index contributed by atoms with van der Waals surface area (Å²) in [5, 5.41) is 8.61. The van der Waals surface area contributed by atoms with Gasteiger partial charge in [-0.05, 0) is 44.2 Å². The molecule has 3 radical (unpaired) electrons. The van der Waals surface area contributed by atoms with Crippen molar-refractivity contribution in [2.45, 2.75) is 19.0 Å². The Balaban J connectivity index is 2.10. The number of aliphatic hydroxyl groups excluding tert-OH is 1. The minimum atomic E-state index is -1.70. The van der Waals surface area contributed by atoms with E-state index in [-0.39, 0.29) is 5.56 Å². The van der Waals surface area contributed by atoms with Crippen molar-refractivity contribution in [1.82, 2.24) is 4.98 Å². The minimum Gasteiger partial charge on any atom is -0.460 e. The van der Waals surface area contributed by atoms with Gasteiger partial charge in [0, 0.05) is 11.6 Å². The van der Waals surface area contributed by atoms with Gasteiger partial charge in [-0.25, -0.2) is 4.79 Å². The van der Waals surface area contributed by atoms with E-state index in [1.165, 1.54) is 14.1 Å². The Morgan fingerprint density at radius 1 is 1.30 bits per heavy atom. The molecule has 3 N–H and O–H groups in total. The topological polar surface area (TPSA) is 116 Å². The number of nitrogens with two attached hydrogens (primary N) is 1. The molecule has 0 aliphatic carbocycles. The van der Waals surface area contributed by atoms with Crippen LogP contribution in [0.15, 0.2) is 40.9 Å². The zero-order chi connectivity index (χ0) is 22.3. The first-order chi connectivity index (χ1) is 14.0. The molecule has 0 spiro atoms. The maximum Gasteiger partial charge on any atom is 0.350 e. The summed E-state index contributed by atoms with van der Waals surface area (Å²) in [5.41, 5.74) is 6.97. The minimum absolute atomic E-state index is 0.278. The zero-order valence-electron chi connectivity index (χ0n) is 17.2. The summed E-state index contributed by atoms with van der Waals surface area (Å²) in [4.78, 5) is 29.7. The van der Waals surface area contributed by atoms with Crippen molar-refractivity contribution in [2.24, 2.45) is 5.73 Å². The first kappa shape index (κ1) is 21.7. The lowest BCUT2D eigenvalue weighted by Crippen LogP contribution is -2.71. The second kappa shape index (κ2) is 7.67. The molecule has 0 aliphatic heterocycles. The molecule has 3 aromatic rings. The zero-order valence-corrected chi connectivity index (χ0v) is 18.2. The van der Waals surface area contributed by atoms with Crippen LogP contribution in [0.3, 0.4) is 0 Å². The first-order valence-corrected chi connectivity index (χ1v) is 9.70. The highest BCUT2D eigenvalue weighted by Crippen LogP contribution is 2.34. The number of primary amides is 1. The quantitative estimate of drug-likeness (QED) is 0.460.